The van der Waals surface area contributed by atoms with Crippen molar-refractivity contribution in [1.82, 2.24) is 5.32 Å². The number of methoxy groups -OCH3 is 1. The van der Waals surface area contributed by atoms with E-state index in [0.717, 1.165) is 35.5 Å². The highest BCUT2D eigenvalue weighted by molar-refractivity contribution is 7.99. The Morgan fingerprint density at radius 2 is 1.85 bits per heavy atom. The quantitative estimate of drug-likeness (QED) is 0.583. The fraction of sp³-hybridized carbons (Fsp3) is 0.381. The number of aryl methyl sites for hydroxylation is 1. The van der Waals surface area contributed by atoms with Gasteiger partial charge in [0.25, 0.3) is 0 Å². The van der Waals surface area contributed by atoms with Crippen LogP contribution in [0.1, 0.15) is 24.5 Å². The van der Waals surface area contributed by atoms with Crippen LogP contribution in [0.15, 0.2) is 42.5 Å². The number of rotatable bonds is 11. The molecule has 0 bridgehead atoms. The van der Waals surface area contributed by atoms with E-state index in [1.165, 1.54) is 23.9 Å². The van der Waals surface area contributed by atoms with Crippen molar-refractivity contribution in [2.24, 2.45) is 0 Å². The number of hydrogen-bond donors (Lipinski definition) is 1. The summed E-state index contributed by atoms with van der Waals surface area (Å²) in [6.45, 7) is 3.17. The van der Waals surface area contributed by atoms with Crippen LogP contribution in [0.25, 0.3) is 0 Å². The molecule has 0 saturated heterocycles. The lowest BCUT2D eigenvalue weighted by Crippen LogP contribution is -2.26. The van der Waals surface area contributed by atoms with E-state index in [-0.39, 0.29) is 11.7 Å². The number of nitrogens with one attached hydrogen (secondary N) is 1. The Morgan fingerprint density at radius 1 is 1.11 bits per heavy atom. The molecule has 0 aliphatic carbocycles. The summed E-state index contributed by atoms with van der Waals surface area (Å²) in [5.74, 6) is 2.34. The van der Waals surface area contributed by atoms with Crippen LogP contribution in [0, 0.1) is 5.82 Å². The minimum atomic E-state index is -0.244. The van der Waals surface area contributed by atoms with Gasteiger partial charge in [-0.1, -0.05) is 18.2 Å². The summed E-state index contributed by atoms with van der Waals surface area (Å²) in [5, 5.41) is 2.93. The van der Waals surface area contributed by atoms with Crippen molar-refractivity contribution in [3.05, 3.63) is 59.4 Å². The molecular weight excluding hydrogens is 365 g/mol. The fourth-order valence-corrected chi connectivity index (χ4v) is 3.37. The zero-order valence-electron chi connectivity index (χ0n) is 15.8. The molecule has 0 aromatic heterocycles. The lowest BCUT2D eigenvalue weighted by molar-refractivity contribution is -0.118. The molecule has 1 N–H and O–H groups in total. The highest BCUT2D eigenvalue weighted by Crippen LogP contribution is 2.28. The van der Waals surface area contributed by atoms with Gasteiger partial charge in [-0.25, -0.2) is 4.39 Å². The normalized spacial score (nSPS) is 10.5. The zero-order chi connectivity index (χ0) is 19.5. The summed E-state index contributed by atoms with van der Waals surface area (Å²) < 4.78 is 23.7. The molecule has 6 heteroatoms. The average Bonchev–Trinajstić information content (AvgIpc) is 2.68. The van der Waals surface area contributed by atoms with Crippen molar-refractivity contribution in [3.8, 4) is 11.5 Å². The van der Waals surface area contributed by atoms with E-state index >= 15 is 0 Å². The summed E-state index contributed by atoms with van der Waals surface area (Å²) >= 11 is 1.52. The van der Waals surface area contributed by atoms with Crippen LogP contribution in [0.4, 0.5) is 4.39 Å². The summed E-state index contributed by atoms with van der Waals surface area (Å²) in [6.07, 6.45) is 1.71. The van der Waals surface area contributed by atoms with Crippen molar-refractivity contribution >= 4 is 17.7 Å². The second-order valence-corrected chi connectivity index (χ2v) is 6.98. The van der Waals surface area contributed by atoms with E-state index in [0.29, 0.717) is 24.7 Å². The maximum absolute atomic E-state index is 12.8. The summed E-state index contributed by atoms with van der Waals surface area (Å²) in [4.78, 5) is 11.9. The van der Waals surface area contributed by atoms with Gasteiger partial charge in [-0.2, -0.15) is 0 Å². The Kier molecular flexibility index (Phi) is 8.98. The van der Waals surface area contributed by atoms with Crippen molar-refractivity contribution in [3.63, 3.8) is 0 Å². The first-order valence-corrected chi connectivity index (χ1v) is 10.2. The third-order valence-electron chi connectivity index (χ3n) is 3.91. The molecule has 0 saturated carbocycles. The largest absolute Gasteiger partial charge is 0.493 e. The van der Waals surface area contributed by atoms with Crippen LogP contribution in [0.2, 0.25) is 0 Å². The zero-order valence-corrected chi connectivity index (χ0v) is 16.6. The molecule has 4 nitrogen and oxygen atoms in total. The third-order valence-corrected chi connectivity index (χ3v) is 4.91. The number of carbonyl (C=O) groups excluding carboxylic acids is 1. The number of ether oxygens (including phenoxy) is 2. The summed E-state index contributed by atoms with van der Waals surface area (Å²) in [5.41, 5.74) is 2.16. The van der Waals surface area contributed by atoms with Crippen LogP contribution in [-0.2, 0) is 17.0 Å². The van der Waals surface area contributed by atoms with Gasteiger partial charge in [0.15, 0.2) is 11.5 Å². The maximum atomic E-state index is 12.8. The maximum Gasteiger partial charge on any atom is 0.230 e. The van der Waals surface area contributed by atoms with Gasteiger partial charge in [-0.05, 0) is 55.2 Å². The van der Waals surface area contributed by atoms with Gasteiger partial charge >= 0.3 is 0 Å². The minimum Gasteiger partial charge on any atom is -0.493 e. The first-order chi connectivity index (χ1) is 13.1. The van der Waals surface area contributed by atoms with Gasteiger partial charge in [0, 0.05) is 12.3 Å². The van der Waals surface area contributed by atoms with Gasteiger partial charge in [-0.15, -0.1) is 11.8 Å². The number of halogens is 1. The predicted octanol–water partition coefficient (Wildman–Crippen LogP) is 4.22. The molecule has 0 fully saturated rings. The Hall–Kier alpha value is -2.21. The molecule has 0 aliphatic heterocycles. The van der Waals surface area contributed by atoms with Gasteiger partial charge in [-0.3, -0.25) is 4.79 Å². The molecule has 27 heavy (non-hydrogen) atoms. The van der Waals surface area contributed by atoms with E-state index in [1.807, 2.05) is 25.1 Å². The topological polar surface area (TPSA) is 47.6 Å². The number of carbonyl (C=O) groups is 1. The smallest absolute Gasteiger partial charge is 0.230 e. The molecule has 0 unspecified atom stereocenters. The number of benzene rings is 2. The predicted molar refractivity (Wildman–Crippen MR) is 108 cm³/mol. The Bertz CT molecular complexity index is 722. The van der Waals surface area contributed by atoms with Crippen LogP contribution in [0.3, 0.4) is 0 Å². The molecule has 0 radical (unpaired) electrons. The highest BCUT2D eigenvalue weighted by Gasteiger charge is 2.06. The van der Waals surface area contributed by atoms with Gasteiger partial charge in [0.1, 0.15) is 5.82 Å². The molecule has 2 aromatic carbocycles. The van der Waals surface area contributed by atoms with Gasteiger partial charge in [0.2, 0.25) is 5.91 Å². The summed E-state index contributed by atoms with van der Waals surface area (Å²) in [6, 6.07) is 12.3. The monoisotopic (exact) mass is 391 g/mol. The summed E-state index contributed by atoms with van der Waals surface area (Å²) in [7, 11) is 1.63. The molecule has 1 amide bonds. The van der Waals surface area contributed by atoms with E-state index in [1.54, 1.807) is 19.2 Å². The molecule has 146 valence electrons. The standard InChI is InChI=1S/C21H26FNO3S/c1-3-26-19-11-8-16(13-20(19)25-2)5-4-12-23-21(24)15-27-14-17-6-9-18(22)10-7-17/h6-11,13H,3-5,12,14-15H2,1-2H3,(H,23,24). The lowest BCUT2D eigenvalue weighted by Gasteiger charge is -2.11. The van der Waals surface area contributed by atoms with Gasteiger partial charge < -0.3 is 14.8 Å². The van der Waals surface area contributed by atoms with Crippen molar-refractivity contribution in [2.45, 2.75) is 25.5 Å². The van der Waals surface area contributed by atoms with Crippen LogP contribution >= 0.6 is 11.8 Å². The van der Waals surface area contributed by atoms with Crippen LogP contribution < -0.4 is 14.8 Å². The number of amides is 1. The SMILES string of the molecule is CCOc1ccc(CCCNC(=O)CSCc2ccc(F)cc2)cc1OC. The van der Waals surface area contributed by atoms with E-state index in [2.05, 4.69) is 5.32 Å². The molecular formula is C21H26FNO3S. The minimum absolute atomic E-state index is 0.0198. The Balaban J connectivity index is 1.64. The molecule has 2 aromatic rings. The Labute approximate surface area is 164 Å². The lowest BCUT2D eigenvalue weighted by atomic mass is 10.1. The first-order valence-electron chi connectivity index (χ1n) is 9.01. The molecule has 0 atom stereocenters. The van der Waals surface area contributed by atoms with Crippen molar-refractivity contribution in [1.29, 1.82) is 0 Å². The number of thioether (sulfide) groups is 1. The second kappa shape index (κ2) is 11.5. The molecule has 0 spiro atoms. The average molecular weight is 392 g/mol. The van der Waals surface area contributed by atoms with E-state index in [9.17, 15) is 9.18 Å². The first kappa shape index (κ1) is 21.1. The van der Waals surface area contributed by atoms with Crippen LogP contribution in [0.5, 0.6) is 11.5 Å². The van der Waals surface area contributed by atoms with Crippen molar-refractivity contribution in [2.75, 3.05) is 26.0 Å². The third kappa shape index (κ3) is 7.51. The molecule has 0 heterocycles. The molecule has 2 rings (SSSR count). The van der Waals surface area contributed by atoms with Crippen LogP contribution in [-0.4, -0.2) is 31.9 Å². The number of hydrogen-bond acceptors (Lipinski definition) is 4. The highest BCUT2D eigenvalue weighted by atomic mass is 32.2. The molecule has 0 aliphatic rings. The fourth-order valence-electron chi connectivity index (χ4n) is 2.56. The van der Waals surface area contributed by atoms with E-state index in [4.69, 9.17) is 9.47 Å². The van der Waals surface area contributed by atoms with E-state index < -0.39 is 0 Å². The van der Waals surface area contributed by atoms with Crippen molar-refractivity contribution < 1.29 is 18.7 Å². The second-order valence-electron chi connectivity index (χ2n) is 5.99. The van der Waals surface area contributed by atoms with Gasteiger partial charge in [0.05, 0.1) is 19.5 Å². The Morgan fingerprint density at radius 3 is 2.56 bits per heavy atom.